The summed E-state index contributed by atoms with van der Waals surface area (Å²) in [6.07, 6.45) is 0.773. The number of rotatable bonds is 5. The van der Waals surface area contributed by atoms with Gasteiger partial charge in [-0.05, 0) is 38.5 Å². The Morgan fingerprint density at radius 3 is 2.74 bits per heavy atom. The summed E-state index contributed by atoms with van der Waals surface area (Å²) in [4.78, 5) is 4.68. The van der Waals surface area contributed by atoms with E-state index in [4.69, 9.17) is 16.3 Å². The Morgan fingerprint density at radius 1 is 1.37 bits per heavy atom. The Hall–Kier alpha value is -1.06. The van der Waals surface area contributed by atoms with E-state index in [-0.39, 0.29) is 5.60 Å². The zero-order valence-electron chi connectivity index (χ0n) is 12.0. The van der Waals surface area contributed by atoms with Crippen LogP contribution in [0.4, 0.5) is 0 Å². The lowest BCUT2D eigenvalue weighted by Gasteiger charge is -2.25. The Kier molecular flexibility index (Phi) is 4.16. The molecule has 0 atom stereocenters. The number of hydrogen-bond acceptors (Lipinski definition) is 2. The number of methoxy groups -OCH3 is 1. The van der Waals surface area contributed by atoms with Crippen molar-refractivity contribution in [1.29, 1.82) is 0 Å². The summed E-state index contributed by atoms with van der Waals surface area (Å²) >= 11 is 5.89. The average molecular weight is 281 g/mol. The summed E-state index contributed by atoms with van der Waals surface area (Å²) in [5, 5.41) is 0. The van der Waals surface area contributed by atoms with Gasteiger partial charge in [0.1, 0.15) is 5.82 Å². The second-order valence-corrected chi connectivity index (χ2v) is 5.89. The van der Waals surface area contributed by atoms with Gasteiger partial charge in [0, 0.05) is 19.4 Å². The highest BCUT2D eigenvalue weighted by Crippen LogP contribution is 2.22. The van der Waals surface area contributed by atoms with Crippen LogP contribution < -0.4 is 0 Å². The number of nitrogens with zero attached hydrogens (tertiary/aromatic N) is 2. The number of alkyl halides is 1. The quantitative estimate of drug-likeness (QED) is 0.783. The van der Waals surface area contributed by atoms with Gasteiger partial charge in [0.25, 0.3) is 0 Å². The number of benzene rings is 1. The molecule has 2 rings (SSSR count). The first-order chi connectivity index (χ1) is 8.96. The van der Waals surface area contributed by atoms with Crippen molar-refractivity contribution < 1.29 is 4.74 Å². The molecule has 0 saturated carbocycles. The number of halogens is 1. The van der Waals surface area contributed by atoms with Crippen molar-refractivity contribution in [2.45, 2.75) is 39.3 Å². The van der Waals surface area contributed by atoms with E-state index < -0.39 is 0 Å². The molecule has 0 unspecified atom stereocenters. The zero-order valence-corrected chi connectivity index (χ0v) is 12.8. The fourth-order valence-corrected chi connectivity index (χ4v) is 2.35. The smallest absolute Gasteiger partial charge is 0.111 e. The van der Waals surface area contributed by atoms with E-state index >= 15 is 0 Å². The van der Waals surface area contributed by atoms with Gasteiger partial charge >= 0.3 is 0 Å². The third kappa shape index (κ3) is 3.10. The summed E-state index contributed by atoms with van der Waals surface area (Å²) < 4.78 is 7.77. The molecule has 0 aliphatic heterocycles. The molecule has 0 bridgehead atoms. The molecule has 4 heteroatoms. The average Bonchev–Trinajstić information content (AvgIpc) is 2.68. The van der Waals surface area contributed by atoms with E-state index in [0.717, 1.165) is 29.8 Å². The predicted molar refractivity (Wildman–Crippen MR) is 80.0 cm³/mol. The highest BCUT2D eigenvalue weighted by atomic mass is 35.5. The topological polar surface area (TPSA) is 27.1 Å². The van der Waals surface area contributed by atoms with Gasteiger partial charge in [-0.3, -0.25) is 0 Å². The third-order valence-corrected chi connectivity index (χ3v) is 3.58. The molecule has 0 aliphatic carbocycles. The summed E-state index contributed by atoms with van der Waals surface area (Å²) in [5.74, 6) is 1.61. The molecule has 0 radical (unpaired) electrons. The molecule has 19 heavy (non-hydrogen) atoms. The molecular weight excluding hydrogens is 260 g/mol. The zero-order chi connectivity index (χ0) is 14.0. The molecule has 0 aliphatic rings. The Balaban J connectivity index is 2.53. The Morgan fingerprint density at radius 2 is 2.11 bits per heavy atom. The van der Waals surface area contributed by atoms with Gasteiger partial charge in [0.05, 0.1) is 23.2 Å². The van der Waals surface area contributed by atoms with Crippen LogP contribution in [0.1, 0.15) is 25.2 Å². The number of hydrogen-bond donors (Lipinski definition) is 0. The highest BCUT2D eigenvalue weighted by molar-refractivity contribution is 6.17. The number of aromatic nitrogens is 2. The molecule has 0 amide bonds. The van der Waals surface area contributed by atoms with Crippen LogP contribution in [0.15, 0.2) is 18.2 Å². The normalized spacial score (nSPS) is 12.3. The molecule has 104 valence electrons. The maximum Gasteiger partial charge on any atom is 0.111 e. The fraction of sp³-hybridized carbons (Fsp3) is 0.533. The molecule has 2 aromatic rings. The molecule has 1 aromatic carbocycles. The number of aryl methyl sites for hydroxylation is 2. The highest BCUT2D eigenvalue weighted by Gasteiger charge is 2.21. The molecule has 1 aromatic heterocycles. The summed E-state index contributed by atoms with van der Waals surface area (Å²) in [5.41, 5.74) is 3.20. The SMILES string of the molecule is COC(C)(C)Cn1c(CCCl)nc2ccc(C)cc21. The molecule has 3 nitrogen and oxygen atoms in total. The van der Waals surface area contributed by atoms with Crippen LogP contribution >= 0.6 is 11.6 Å². The van der Waals surface area contributed by atoms with Gasteiger partial charge in [-0.25, -0.2) is 4.98 Å². The summed E-state index contributed by atoms with van der Waals surface area (Å²) in [6, 6.07) is 6.33. The summed E-state index contributed by atoms with van der Waals surface area (Å²) in [7, 11) is 1.74. The Bertz CT molecular complexity index is 575. The van der Waals surface area contributed by atoms with E-state index in [1.54, 1.807) is 7.11 Å². The van der Waals surface area contributed by atoms with Crippen LogP contribution in [0, 0.1) is 6.92 Å². The van der Waals surface area contributed by atoms with Crippen LogP contribution in [-0.4, -0.2) is 28.1 Å². The van der Waals surface area contributed by atoms with Crippen LogP contribution in [0.3, 0.4) is 0 Å². The van der Waals surface area contributed by atoms with Gasteiger partial charge in [-0.1, -0.05) is 6.07 Å². The second kappa shape index (κ2) is 5.51. The van der Waals surface area contributed by atoms with Crippen LogP contribution in [-0.2, 0) is 17.7 Å². The van der Waals surface area contributed by atoms with Crippen molar-refractivity contribution in [2.24, 2.45) is 0 Å². The van der Waals surface area contributed by atoms with Gasteiger partial charge in [-0.2, -0.15) is 0 Å². The maximum atomic E-state index is 5.89. The lowest BCUT2D eigenvalue weighted by Crippen LogP contribution is -2.29. The fourth-order valence-electron chi connectivity index (χ4n) is 2.18. The third-order valence-electron chi connectivity index (χ3n) is 3.39. The predicted octanol–water partition coefficient (Wildman–Crippen LogP) is 3.55. The van der Waals surface area contributed by atoms with E-state index in [9.17, 15) is 0 Å². The van der Waals surface area contributed by atoms with Crippen LogP contribution in [0.25, 0.3) is 11.0 Å². The molecule has 0 saturated heterocycles. The first kappa shape index (κ1) is 14.4. The van der Waals surface area contributed by atoms with E-state index in [0.29, 0.717) is 5.88 Å². The maximum absolute atomic E-state index is 5.89. The van der Waals surface area contributed by atoms with Crippen molar-refractivity contribution in [3.63, 3.8) is 0 Å². The van der Waals surface area contributed by atoms with E-state index in [1.165, 1.54) is 5.56 Å². The lowest BCUT2D eigenvalue weighted by molar-refractivity contribution is 0.00846. The van der Waals surface area contributed by atoms with Crippen LogP contribution in [0.5, 0.6) is 0 Å². The molecule has 0 N–H and O–H groups in total. The van der Waals surface area contributed by atoms with Gasteiger partial charge in [0.15, 0.2) is 0 Å². The van der Waals surface area contributed by atoms with Crippen molar-refractivity contribution >= 4 is 22.6 Å². The lowest BCUT2D eigenvalue weighted by atomic mass is 10.1. The second-order valence-electron chi connectivity index (χ2n) is 5.51. The van der Waals surface area contributed by atoms with E-state index in [2.05, 4.69) is 48.5 Å². The van der Waals surface area contributed by atoms with Gasteiger partial charge < -0.3 is 9.30 Å². The van der Waals surface area contributed by atoms with Crippen molar-refractivity contribution in [1.82, 2.24) is 9.55 Å². The van der Waals surface area contributed by atoms with Crippen molar-refractivity contribution in [2.75, 3.05) is 13.0 Å². The van der Waals surface area contributed by atoms with Gasteiger partial charge in [-0.15, -0.1) is 11.6 Å². The van der Waals surface area contributed by atoms with Crippen LogP contribution in [0.2, 0.25) is 0 Å². The Labute approximate surface area is 119 Å². The summed E-state index contributed by atoms with van der Waals surface area (Å²) in [6.45, 7) is 7.04. The molecular formula is C15H21ClN2O. The number of ether oxygens (including phenoxy) is 1. The minimum atomic E-state index is -0.224. The molecule has 1 heterocycles. The monoisotopic (exact) mass is 280 g/mol. The van der Waals surface area contributed by atoms with Crippen molar-refractivity contribution in [3.8, 4) is 0 Å². The number of imidazole rings is 1. The molecule has 0 spiro atoms. The minimum absolute atomic E-state index is 0.224. The first-order valence-electron chi connectivity index (χ1n) is 6.54. The minimum Gasteiger partial charge on any atom is -0.377 e. The van der Waals surface area contributed by atoms with E-state index in [1.807, 2.05) is 0 Å². The van der Waals surface area contributed by atoms with Crippen molar-refractivity contribution in [3.05, 3.63) is 29.6 Å². The number of fused-ring (bicyclic) bond motifs is 1. The first-order valence-corrected chi connectivity index (χ1v) is 7.07. The van der Waals surface area contributed by atoms with Gasteiger partial charge in [0.2, 0.25) is 0 Å². The molecule has 0 fully saturated rings. The standard InChI is InChI=1S/C15H21ClN2O/c1-11-5-6-12-13(9-11)18(10-15(2,3)19-4)14(17-12)7-8-16/h5-6,9H,7-8,10H2,1-4H3. The largest absolute Gasteiger partial charge is 0.377 e.